The zero-order valence-electron chi connectivity index (χ0n) is 46.4. The molecule has 0 amide bonds. The molecule has 33 nitrogen and oxygen atoms in total. The molecule has 0 aromatic carbocycles. The van der Waals surface area contributed by atoms with E-state index in [1.807, 2.05) is 0 Å². The van der Waals surface area contributed by atoms with Gasteiger partial charge in [-0.2, -0.15) is 0 Å². The van der Waals surface area contributed by atoms with Crippen LogP contribution in [0.4, 0.5) is 0 Å². The average molecular weight is 1340 g/mol. The molecule has 0 aliphatic rings. The number of hydrogen-bond donors (Lipinski definition) is 12. The molecular weight excluding hydrogens is 1270 g/mol. The van der Waals surface area contributed by atoms with Crippen LogP contribution in [0, 0.1) is 11.8 Å². The van der Waals surface area contributed by atoms with Crippen molar-refractivity contribution in [2.45, 2.75) is 64.4 Å². The highest BCUT2D eigenvalue weighted by molar-refractivity contribution is 7.54. The third-order valence-corrected chi connectivity index (χ3v) is 15.8. The van der Waals surface area contributed by atoms with E-state index in [4.69, 9.17) is 42.6 Å². The summed E-state index contributed by atoms with van der Waals surface area (Å²) in [6, 6.07) is 0. The third kappa shape index (κ3) is 42.3. The maximum atomic E-state index is 13.1. The van der Waals surface area contributed by atoms with Gasteiger partial charge in [0.05, 0.1) is 56.3 Å². The molecule has 12 N–H and O–H groups in total. The Morgan fingerprint density at radius 3 is 0.906 bits per heavy atom. The number of carbonyl (C=O) groups is 6. The molecule has 0 radical (unpaired) electrons. The van der Waals surface area contributed by atoms with Gasteiger partial charge in [0.2, 0.25) is 0 Å². The average Bonchev–Trinajstić information content (AvgIpc) is 3.46. The van der Waals surface area contributed by atoms with Crippen molar-refractivity contribution in [2.24, 2.45) is 11.8 Å². The van der Waals surface area contributed by atoms with Crippen LogP contribution in [-0.4, -0.2) is 209 Å². The smallest absolute Gasteiger partial charge is 0.333 e. The molecule has 4 unspecified atom stereocenters. The Labute approximate surface area is 488 Å². The Balaban J connectivity index is 6.11. The summed E-state index contributed by atoms with van der Waals surface area (Å²) in [4.78, 5) is 190. The van der Waals surface area contributed by atoms with Gasteiger partial charge in [0.1, 0.15) is 58.0 Å². The van der Waals surface area contributed by atoms with E-state index in [-0.39, 0.29) is 40.7 Å². The molecule has 39 heteroatoms. The lowest BCUT2D eigenvalue weighted by Gasteiger charge is -2.23. The standard InChI is InChI=1S/C46H74O33P6/c1-28(2)41(47)73-16-38(71-14-36(24-82(59,60)61)25-83(62,63)64)18-76-45(51)32(7)12-33(8)46(52)77-19-39(72-15-37(26-84(65,66)67)27-85(68,69)70)17-75-43(49)30(5)10-11-31(6)44(50)78-21-40(20-74-42(48)29(3)4)79-34(9)13-35(22-80(53,54)55)23-81(56,57)58/h13,34,36-40H,1,3,5-8,10-12,14-27H2,2,4,9H3,(H2,53,54,55)(H2,56,57,58)(H2,59,60,61)(H2,62,63,64)(H2,65,66,67)(H2,68,69,70). The van der Waals surface area contributed by atoms with Crippen LogP contribution in [0.3, 0.4) is 0 Å². The predicted octanol–water partition coefficient (Wildman–Crippen LogP) is 1.56. The van der Waals surface area contributed by atoms with Crippen LogP contribution in [0.15, 0.2) is 84.6 Å². The summed E-state index contributed by atoms with van der Waals surface area (Å²) in [5.74, 6) is -9.54. The largest absolute Gasteiger partial charge is 0.459 e. The van der Waals surface area contributed by atoms with E-state index in [0.29, 0.717) is 0 Å². The van der Waals surface area contributed by atoms with Crippen LogP contribution in [0.25, 0.3) is 0 Å². The van der Waals surface area contributed by atoms with Crippen molar-refractivity contribution in [3.05, 3.63) is 84.6 Å². The number of carbonyl (C=O) groups excluding carboxylic acids is 6. The Morgan fingerprint density at radius 1 is 0.388 bits per heavy atom. The van der Waals surface area contributed by atoms with E-state index in [1.54, 1.807) is 0 Å². The first-order valence-electron chi connectivity index (χ1n) is 24.4. The molecule has 0 saturated heterocycles. The predicted molar refractivity (Wildman–Crippen MR) is 296 cm³/mol. The van der Waals surface area contributed by atoms with Crippen LogP contribution in [-0.2, 0) is 98.8 Å². The first kappa shape index (κ1) is 80.8. The molecule has 0 spiro atoms. The number of hydrogen-bond acceptors (Lipinski definition) is 21. The molecule has 4 atom stereocenters. The number of rotatable bonds is 44. The van der Waals surface area contributed by atoms with Gasteiger partial charge < -0.3 is 101 Å². The minimum atomic E-state index is -4.95. The van der Waals surface area contributed by atoms with Gasteiger partial charge in [-0.25, -0.2) is 28.8 Å². The van der Waals surface area contributed by atoms with Gasteiger partial charge in [0, 0.05) is 51.7 Å². The van der Waals surface area contributed by atoms with Gasteiger partial charge in [-0.05, 0) is 39.2 Å². The molecule has 0 aromatic rings. The molecule has 0 aromatic heterocycles. The Bertz CT molecular complexity index is 2680. The number of allylic oxidation sites excluding steroid dienone is 1. The molecule has 0 aliphatic carbocycles. The van der Waals surface area contributed by atoms with Crippen LogP contribution < -0.4 is 0 Å². The minimum Gasteiger partial charge on any atom is -0.459 e. The third-order valence-electron chi connectivity index (χ3n) is 10.2. The monoisotopic (exact) mass is 1340 g/mol. The molecule has 0 aliphatic heterocycles. The van der Waals surface area contributed by atoms with Gasteiger partial charge in [0.25, 0.3) is 0 Å². The molecular formula is C46H74O33P6. The summed E-state index contributed by atoms with van der Waals surface area (Å²) in [5.41, 5.74) is -2.04. The summed E-state index contributed by atoms with van der Waals surface area (Å²) in [5, 5.41) is 0. The normalized spacial score (nSPS) is 13.8. The SMILES string of the molecule is C=C(C)C(=O)OCC(COC(=O)C(=C)CC(=C)C(=O)OCC(COC(=O)C(=C)CCC(=C)C(=O)OCC(COC(=O)C(=C)C)OC(C)C=C(CP(=O)(O)O)CP(=O)(O)O)OCC(CP(=O)(O)O)CP(=O)(O)O)OCC(CP(=O)(O)O)CP(=O)(O)O. The van der Waals surface area contributed by atoms with Gasteiger partial charge in [-0.1, -0.05) is 45.5 Å². The van der Waals surface area contributed by atoms with Crippen molar-refractivity contribution in [1.82, 2.24) is 0 Å². The first-order chi connectivity index (χ1) is 38.5. The highest BCUT2D eigenvalue weighted by Gasteiger charge is 2.33. The van der Waals surface area contributed by atoms with Crippen molar-refractivity contribution < 1.29 is 158 Å². The van der Waals surface area contributed by atoms with Crippen molar-refractivity contribution in [3.63, 3.8) is 0 Å². The fourth-order valence-electron chi connectivity index (χ4n) is 6.56. The van der Waals surface area contributed by atoms with Gasteiger partial charge in [-0.15, -0.1) is 0 Å². The Morgan fingerprint density at radius 2 is 0.647 bits per heavy atom. The van der Waals surface area contributed by atoms with Crippen LogP contribution in [0.1, 0.15) is 40.0 Å². The fraction of sp³-hybridized carbons (Fsp3) is 0.565. The molecule has 0 rings (SSSR count). The summed E-state index contributed by atoms with van der Waals surface area (Å²) in [6.07, 6.45) is -12.1. The van der Waals surface area contributed by atoms with Gasteiger partial charge in [0.15, 0.2) is 0 Å². The summed E-state index contributed by atoms with van der Waals surface area (Å²) in [7, 11) is -29.2. The number of ether oxygens (including phenoxy) is 9. The molecule has 486 valence electrons. The van der Waals surface area contributed by atoms with E-state index in [1.165, 1.54) is 20.8 Å². The lowest BCUT2D eigenvalue weighted by atomic mass is 10.1. The maximum Gasteiger partial charge on any atom is 0.333 e. The lowest BCUT2D eigenvalue weighted by Crippen LogP contribution is -2.32. The molecule has 0 bridgehead atoms. The topological polar surface area (TPSA) is 531 Å². The van der Waals surface area contributed by atoms with E-state index in [0.717, 1.165) is 6.08 Å². The highest BCUT2D eigenvalue weighted by Crippen LogP contribution is 2.46. The maximum absolute atomic E-state index is 13.1. The van der Waals surface area contributed by atoms with Crippen LogP contribution in [0.5, 0.6) is 0 Å². The Kier molecular flexibility index (Phi) is 35.1. The zero-order valence-corrected chi connectivity index (χ0v) is 51.8. The zero-order chi connectivity index (χ0) is 66.1. The molecule has 0 fully saturated rings. The summed E-state index contributed by atoms with van der Waals surface area (Å²) >= 11 is 0. The highest BCUT2D eigenvalue weighted by atomic mass is 31.2. The van der Waals surface area contributed by atoms with Crippen molar-refractivity contribution in [2.75, 3.05) is 89.8 Å². The van der Waals surface area contributed by atoms with Gasteiger partial charge in [-0.3, -0.25) is 27.4 Å². The summed E-state index contributed by atoms with van der Waals surface area (Å²) < 4.78 is 118. The van der Waals surface area contributed by atoms with Crippen molar-refractivity contribution in [3.8, 4) is 0 Å². The molecule has 85 heavy (non-hydrogen) atoms. The van der Waals surface area contributed by atoms with E-state index >= 15 is 0 Å². The van der Waals surface area contributed by atoms with E-state index < -0.39 is 225 Å². The fourth-order valence-corrected chi connectivity index (χ4v) is 12.3. The van der Waals surface area contributed by atoms with E-state index in [2.05, 4.69) is 39.5 Å². The van der Waals surface area contributed by atoms with Crippen molar-refractivity contribution in [1.29, 1.82) is 0 Å². The first-order valence-corrected chi connectivity index (χ1v) is 35.2. The minimum absolute atomic E-state index is 0.0354. The molecule has 0 heterocycles. The molecule has 0 saturated carbocycles. The summed E-state index contributed by atoms with van der Waals surface area (Å²) in [6.45, 7) is 19.0. The van der Waals surface area contributed by atoms with Gasteiger partial charge >= 0.3 is 81.4 Å². The van der Waals surface area contributed by atoms with Crippen molar-refractivity contribution >= 4 is 81.4 Å². The lowest BCUT2D eigenvalue weighted by molar-refractivity contribution is -0.153. The van der Waals surface area contributed by atoms with Crippen LogP contribution in [0.2, 0.25) is 0 Å². The second-order valence-corrected chi connectivity index (χ2v) is 29.3. The second kappa shape index (κ2) is 36.9. The van der Waals surface area contributed by atoms with E-state index in [9.17, 15) is 115 Å². The quantitative estimate of drug-likeness (QED) is 0.0135. The Hall–Kier alpha value is -4.22. The second-order valence-electron chi connectivity index (χ2n) is 19.2. The number of esters is 6. The van der Waals surface area contributed by atoms with Crippen LogP contribution >= 0.6 is 45.6 Å².